The van der Waals surface area contributed by atoms with Crippen molar-refractivity contribution in [3.8, 4) is 23.3 Å². The zero-order chi connectivity index (χ0) is 23.3. The van der Waals surface area contributed by atoms with Crippen molar-refractivity contribution in [3.05, 3.63) is 76.1 Å². The van der Waals surface area contributed by atoms with Crippen LogP contribution in [0.5, 0.6) is 17.2 Å². The molecule has 0 aliphatic rings. The van der Waals surface area contributed by atoms with Crippen LogP contribution in [0.4, 0.5) is 21.7 Å². The van der Waals surface area contributed by atoms with Gasteiger partial charge in [0.2, 0.25) is 5.82 Å². The molecule has 32 heavy (non-hydrogen) atoms. The third-order valence-electron chi connectivity index (χ3n) is 4.14. The molecule has 162 valence electrons. The van der Waals surface area contributed by atoms with Crippen LogP contribution in [0.2, 0.25) is 0 Å². The number of hydrogen-bond donors (Lipinski definition) is 2. The lowest BCUT2D eigenvalue weighted by Gasteiger charge is -2.15. The number of ether oxygens (including phenoxy) is 2. The van der Waals surface area contributed by atoms with Gasteiger partial charge in [-0.15, -0.1) is 0 Å². The zero-order valence-electron chi connectivity index (χ0n) is 16.6. The van der Waals surface area contributed by atoms with E-state index in [-0.39, 0.29) is 28.6 Å². The monoisotopic (exact) mass is 437 g/mol. The smallest absolute Gasteiger partial charge is 0.311 e. The minimum Gasteiger partial charge on any atom is -0.481 e. The summed E-state index contributed by atoms with van der Waals surface area (Å²) in [6.07, 6.45) is -0.934. The summed E-state index contributed by atoms with van der Waals surface area (Å²) in [6.45, 7) is 1.50. The highest BCUT2D eigenvalue weighted by Crippen LogP contribution is 2.27. The van der Waals surface area contributed by atoms with Gasteiger partial charge in [-0.05, 0) is 55.5 Å². The number of benzene rings is 2. The maximum atomic E-state index is 13.9. The summed E-state index contributed by atoms with van der Waals surface area (Å²) in [7, 11) is 0. The van der Waals surface area contributed by atoms with Gasteiger partial charge >= 0.3 is 5.69 Å². The molecule has 0 bridgehead atoms. The number of halogens is 1. The average molecular weight is 437 g/mol. The van der Waals surface area contributed by atoms with E-state index in [0.717, 1.165) is 12.1 Å². The van der Waals surface area contributed by atoms with Crippen LogP contribution in [0.1, 0.15) is 12.5 Å². The van der Waals surface area contributed by atoms with Crippen molar-refractivity contribution >= 4 is 23.2 Å². The number of carbonyl (C=O) groups is 1. The van der Waals surface area contributed by atoms with Crippen molar-refractivity contribution in [2.75, 3.05) is 11.1 Å². The second-order valence-electron chi connectivity index (χ2n) is 6.44. The Hall–Kier alpha value is -4.72. The summed E-state index contributed by atoms with van der Waals surface area (Å²) < 4.78 is 24.9. The molecule has 0 radical (unpaired) electrons. The Morgan fingerprint density at radius 2 is 1.91 bits per heavy atom. The summed E-state index contributed by atoms with van der Waals surface area (Å²) in [5, 5.41) is 22.0. The molecule has 1 amide bonds. The number of amides is 1. The summed E-state index contributed by atoms with van der Waals surface area (Å²) in [4.78, 5) is 26.2. The third kappa shape index (κ3) is 5.25. The topological polar surface area (TPSA) is 153 Å². The van der Waals surface area contributed by atoms with Gasteiger partial charge in [-0.3, -0.25) is 14.9 Å². The first-order valence-corrected chi connectivity index (χ1v) is 9.13. The fourth-order valence-electron chi connectivity index (χ4n) is 2.54. The van der Waals surface area contributed by atoms with E-state index in [2.05, 4.69) is 10.3 Å². The van der Waals surface area contributed by atoms with Crippen LogP contribution in [0, 0.1) is 27.3 Å². The lowest BCUT2D eigenvalue weighted by Crippen LogP contribution is -2.30. The van der Waals surface area contributed by atoms with E-state index in [9.17, 15) is 19.3 Å². The molecule has 1 unspecified atom stereocenters. The van der Waals surface area contributed by atoms with Gasteiger partial charge in [0.15, 0.2) is 17.7 Å². The van der Waals surface area contributed by atoms with E-state index in [1.807, 2.05) is 6.07 Å². The summed E-state index contributed by atoms with van der Waals surface area (Å²) in [5.74, 6) is -0.876. The molecule has 0 aliphatic heterocycles. The molecule has 3 N–H and O–H groups in total. The van der Waals surface area contributed by atoms with Crippen molar-refractivity contribution in [2.24, 2.45) is 0 Å². The number of nitriles is 1. The maximum Gasteiger partial charge on any atom is 0.311 e. The fraction of sp³-hybridized carbons (Fsp3) is 0.0952. The summed E-state index contributed by atoms with van der Waals surface area (Å²) in [5.41, 5.74) is 5.32. The predicted octanol–water partition coefficient (Wildman–Crippen LogP) is 3.78. The Morgan fingerprint density at radius 1 is 1.22 bits per heavy atom. The molecule has 3 aromatic rings. The van der Waals surface area contributed by atoms with Crippen LogP contribution in [0.25, 0.3) is 0 Å². The number of nitrogens with one attached hydrogen (secondary N) is 1. The molecule has 11 heteroatoms. The number of anilines is 2. The molecule has 2 aromatic carbocycles. The third-order valence-corrected chi connectivity index (χ3v) is 4.14. The van der Waals surface area contributed by atoms with E-state index in [1.54, 1.807) is 0 Å². The number of nitrogen functional groups attached to an aromatic ring is 1. The van der Waals surface area contributed by atoms with Gasteiger partial charge in [0.05, 0.1) is 16.6 Å². The SMILES string of the molecule is CC(Oc1ccc(Oc2ccc(C#N)cc2F)cc1)C(=O)Nc1ccc([N+](=O)[O-])c(N)n1. The molecular formula is C21H16FN5O5. The highest BCUT2D eigenvalue weighted by atomic mass is 19.1. The number of pyridine rings is 1. The zero-order valence-corrected chi connectivity index (χ0v) is 16.6. The largest absolute Gasteiger partial charge is 0.481 e. The predicted molar refractivity (Wildman–Crippen MR) is 112 cm³/mol. The standard InChI is InChI=1S/C21H16FN5O5/c1-12(21(28)26-19-9-7-17(27(29)30)20(24)25-19)31-14-3-5-15(6-4-14)32-18-8-2-13(11-23)10-16(18)22/h2-10,12H,1H3,(H3,24,25,26,28). The number of rotatable bonds is 7. The van der Waals surface area contributed by atoms with E-state index in [0.29, 0.717) is 11.5 Å². The Balaban J connectivity index is 1.60. The molecule has 0 aliphatic carbocycles. The number of carbonyl (C=O) groups excluding carboxylic acids is 1. The molecule has 1 heterocycles. The Kier molecular flexibility index (Phi) is 6.45. The van der Waals surface area contributed by atoms with Crippen molar-refractivity contribution < 1.29 is 23.6 Å². The molecule has 0 spiro atoms. The molecule has 0 saturated heterocycles. The molecule has 0 saturated carbocycles. The molecular weight excluding hydrogens is 421 g/mol. The normalized spacial score (nSPS) is 11.2. The second-order valence-corrected chi connectivity index (χ2v) is 6.44. The summed E-state index contributed by atoms with van der Waals surface area (Å²) >= 11 is 0. The van der Waals surface area contributed by atoms with Gasteiger partial charge in [-0.1, -0.05) is 0 Å². The quantitative estimate of drug-likeness (QED) is 0.418. The maximum absolute atomic E-state index is 13.9. The van der Waals surface area contributed by atoms with Crippen LogP contribution in [0.15, 0.2) is 54.6 Å². The van der Waals surface area contributed by atoms with Crippen LogP contribution in [0.3, 0.4) is 0 Å². The molecule has 0 fully saturated rings. The average Bonchev–Trinajstić information content (AvgIpc) is 2.76. The number of nitrogens with two attached hydrogens (primary N) is 1. The number of nitrogens with zero attached hydrogens (tertiary/aromatic N) is 3. The highest BCUT2D eigenvalue weighted by Gasteiger charge is 2.18. The number of hydrogen-bond acceptors (Lipinski definition) is 8. The van der Waals surface area contributed by atoms with E-state index in [4.69, 9.17) is 20.5 Å². The minimum atomic E-state index is -0.934. The van der Waals surface area contributed by atoms with Gasteiger partial charge in [0.25, 0.3) is 5.91 Å². The lowest BCUT2D eigenvalue weighted by atomic mass is 10.2. The molecule has 1 aromatic heterocycles. The first kappa shape index (κ1) is 22.0. The number of aromatic nitrogens is 1. The fourth-order valence-corrected chi connectivity index (χ4v) is 2.54. The van der Waals surface area contributed by atoms with Crippen molar-refractivity contribution in [2.45, 2.75) is 13.0 Å². The van der Waals surface area contributed by atoms with E-state index < -0.39 is 22.8 Å². The Morgan fingerprint density at radius 3 is 2.50 bits per heavy atom. The van der Waals surface area contributed by atoms with E-state index in [1.165, 1.54) is 49.4 Å². The first-order chi connectivity index (χ1) is 15.3. The first-order valence-electron chi connectivity index (χ1n) is 9.13. The van der Waals surface area contributed by atoms with Crippen LogP contribution in [-0.2, 0) is 4.79 Å². The molecule has 3 rings (SSSR count). The molecule has 10 nitrogen and oxygen atoms in total. The van der Waals surface area contributed by atoms with Gasteiger partial charge in [0, 0.05) is 6.07 Å². The van der Waals surface area contributed by atoms with Gasteiger partial charge in [-0.25, -0.2) is 9.37 Å². The van der Waals surface area contributed by atoms with E-state index >= 15 is 0 Å². The van der Waals surface area contributed by atoms with Gasteiger partial charge in [0.1, 0.15) is 17.3 Å². The summed E-state index contributed by atoms with van der Waals surface area (Å²) in [6, 6.07) is 14.2. The highest BCUT2D eigenvalue weighted by molar-refractivity contribution is 5.93. The van der Waals surface area contributed by atoms with Crippen LogP contribution < -0.4 is 20.5 Å². The number of nitro groups is 1. The Labute approximate surface area is 181 Å². The van der Waals surface area contributed by atoms with Crippen molar-refractivity contribution in [1.82, 2.24) is 4.98 Å². The van der Waals surface area contributed by atoms with Gasteiger partial charge < -0.3 is 20.5 Å². The van der Waals surface area contributed by atoms with Gasteiger partial charge in [-0.2, -0.15) is 5.26 Å². The Bertz CT molecular complexity index is 1210. The minimum absolute atomic E-state index is 0.0414. The van der Waals surface area contributed by atoms with Crippen LogP contribution in [-0.4, -0.2) is 21.9 Å². The molecule has 1 atom stereocenters. The second kappa shape index (κ2) is 9.40. The van der Waals surface area contributed by atoms with Crippen LogP contribution >= 0.6 is 0 Å². The van der Waals surface area contributed by atoms with Crippen molar-refractivity contribution in [3.63, 3.8) is 0 Å². The lowest BCUT2D eigenvalue weighted by molar-refractivity contribution is -0.384. The van der Waals surface area contributed by atoms with Crippen molar-refractivity contribution in [1.29, 1.82) is 5.26 Å².